The van der Waals surface area contributed by atoms with E-state index in [9.17, 15) is 5.11 Å². The number of aliphatic hydroxyl groups excluding tert-OH is 1. The number of thiazole rings is 1. The highest BCUT2D eigenvalue weighted by Gasteiger charge is 2.23. The maximum absolute atomic E-state index is 9.63. The van der Waals surface area contributed by atoms with Crippen LogP contribution in [-0.2, 0) is 19.3 Å². The number of rotatable bonds is 7. The van der Waals surface area contributed by atoms with E-state index in [2.05, 4.69) is 20.2 Å². The first-order valence-corrected chi connectivity index (χ1v) is 11.1. The van der Waals surface area contributed by atoms with Gasteiger partial charge in [0.1, 0.15) is 18.0 Å². The number of anilines is 2. The third kappa shape index (κ3) is 4.58. The van der Waals surface area contributed by atoms with E-state index in [0.717, 1.165) is 50.4 Å². The van der Waals surface area contributed by atoms with E-state index in [1.807, 2.05) is 17.4 Å². The molecule has 0 spiro atoms. The first-order chi connectivity index (χ1) is 13.3. The molecule has 2 aliphatic rings. The summed E-state index contributed by atoms with van der Waals surface area (Å²) in [5, 5.41) is 14.3. The van der Waals surface area contributed by atoms with Crippen LogP contribution in [-0.4, -0.2) is 45.8 Å². The van der Waals surface area contributed by atoms with Crippen LogP contribution < -0.4 is 10.2 Å². The molecule has 0 amide bonds. The van der Waals surface area contributed by atoms with Crippen molar-refractivity contribution < 1.29 is 5.11 Å². The van der Waals surface area contributed by atoms with Crippen LogP contribution in [0.4, 0.5) is 11.6 Å². The first-order valence-electron chi connectivity index (χ1n) is 10.2. The smallest absolute Gasteiger partial charge is 0.134 e. The fraction of sp³-hybridized carbons (Fsp3) is 0.650. The van der Waals surface area contributed by atoms with Gasteiger partial charge in [0.25, 0.3) is 0 Å². The van der Waals surface area contributed by atoms with Crippen LogP contribution in [0.5, 0.6) is 0 Å². The molecule has 1 aliphatic carbocycles. The number of hydrogen-bond donors (Lipinski definition) is 2. The van der Waals surface area contributed by atoms with E-state index < -0.39 is 0 Å². The lowest BCUT2D eigenvalue weighted by molar-refractivity contribution is 0.239. The Morgan fingerprint density at radius 2 is 2.11 bits per heavy atom. The van der Waals surface area contributed by atoms with Gasteiger partial charge in [0.2, 0.25) is 0 Å². The number of nitrogens with zero attached hydrogens (tertiary/aromatic N) is 4. The van der Waals surface area contributed by atoms with Crippen molar-refractivity contribution in [3.63, 3.8) is 0 Å². The lowest BCUT2D eigenvalue weighted by atomic mass is 10.0. The third-order valence-corrected chi connectivity index (χ3v) is 6.77. The molecule has 1 aliphatic heterocycles. The predicted octanol–water partition coefficient (Wildman–Crippen LogP) is 3.21. The van der Waals surface area contributed by atoms with Crippen molar-refractivity contribution >= 4 is 23.0 Å². The molecule has 7 heteroatoms. The van der Waals surface area contributed by atoms with Gasteiger partial charge >= 0.3 is 0 Å². The summed E-state index contributed by atoms with van der Waals surface area (Å²) in [6.07, 6.45) is 12.1. The van der Waals surface area contributed by atoms with Crippen LogP contribution in [0.25, 0.3) is 0 Å². The molecule has 2 N–H and O–H groups in total. The molecular formula is C20H29N5OS. The molecule has 4 rings (SSSR count). The van der Waals surface area contributed by atoms with Crippen molar-refractivity contribution in [2.24, 2.45) is 0 Å². The van der Waals surface area contributed by atoms with E-state index in [0.29, 0.717) is 0 Å². The van der Waals surface area contributed by atoms with Crippen LogP contribution in [0.15, 0.2) is 12.4 Å². The molecule has 146 valence electrons. The van der Waals surface area contributed by atoms with Crippen molar-refractivity contribution in [1.29, 1.82) is 0 Å². The highest BCUT2D eigenvalue weighted by Crippen LogP contribution is 2.27. The Balaban J connectivity index is 1.29. The van der Waals surface area contributed by atoms with Crippen LogP contribution in [0, 0.1) is 0 Å². The van der Waals surface area contributed by atoms with E-state index in [4.69, 9.17) is 4.98 Å². The van der Waals surface area contributed by atoms with E-state index >= 15 is 0 Å². The molecule has 1 fully saturated rings. The standard InChI is InChI=1S/C20H29N5OS/c26-13-15-6-3-4-11-25(15)19-12-18(22-14-23-19)21-10-5-9-20-24-16-7-1-2-8-17(16)27-20/h12,14-15,26H,1-11,13H2,(H,21,22,23). The summed E-state index contributed by atoms with van der Waals surface area (Å²) in [6.45, 7) is 2.02. The minimum atomic E-state index is 0.178. The number of aromatic nitrogens is 3. The van der Waals surface area contributed by atoms with E-state index in [1.54, 1.807) is 6.33 Å². The van der Waals surface area contributed by atoms with Crippen LogP contribution in [0.3, 0.4) is 0 Å². The minimum absolute atomic E-state index is 0.178. The quantitative estimate of drug-likeness (QED) is 0.711. The summed E-state index contributed by atoms with van der Waals surface area (Å²) in [6, 6.07) is 2.19. The molecule has 2 aromatic heterocycles. The number of hydrogen-bond acceptors (Lipinski definition) is 7. The summed E-state index contributed by atoms with van der Waals surface area (Å²) in [4.78, 5) is 17.3. The van der Waals surface area contributed by atoms with Gasteiger partial charge in [0.05, 0.1) is 23.4 Å². The molecule has 1 atom stereocenters. The second-order valence-electron chi connectivity index (χ2n) is 7.50. The molecule has 27 heavy (non-hydrogen) atoms. The zero-order valence-corrected chi connectivity index (χ0v) is 16.7. The topological polar surface area (TPSA) is 74.2 Å². The zero-order valence-electron chi connectivity index (χ0n) is 15.9. The van der Waals surface area contributed by atoms with Crippen LogP contribution in [0.2, 0.25) is 0 Å². The maximum Gasteiger partial charge on any atom is 0.134 e. The number of aryl methyl sites for hydroxylation is 3. The zero-order chi connectivity index (χ0) is 18.5. The van der Waals surface area contributed by atoms with Crippen molar-refractivity contribution in [1.82, 2.24) is 15.0 Å². The van der Waals surface area contributed by atoms with Gasteiger partial charge < -0.3 is 15.3 Å². The molecule has 0 saturated carbocycles. The lowest BCUT2D eigenvalue weighted by Crippen LogP contribution is -2.42. The number of piperidine rings is 1. The monoisotopic (exact) mass is 387 g/mol. The molecule has 3 heterocycles. The summed E-state index contributed by atoms with van der Waals surface area (Å²) in [5.74, 6) is 1.78. The van der Waals surface area contributed by atoms with Crippen molar-refractivity contribution in [3.05, 3.63) is 28.0 Å². The molecule has 0 radical (unpaired) electrons. The van der Waals surface area contributed by atoms with Gasteiger partial charge in [-0.15, -0.1) is 11.3 Å². The van der Waals surface area contributed by atoms with Crippen LogP contribution in [0.1, 0.15) is 54.1 Å². The molecule has 6 nitrogen and oxygen atoms in total. The van der Waals surface area contributed by atoms with E-state index in [-0.39, 0.29) is 12.6 Å². The summed E-state index contributed by atoms with van der Waals surface area (Å²) in [7, 11) is 0. The Bertz CT molecular complexity index is 726. The van der Waals surface area contributed by atoms with Gasteiger partial charge in [-0.05, 0) is 51.4 Å². The second-order valence-corrected chi connectivity index (χ2v) is 8.67. The second kappa shape index (κ2) is 8.97. The van der Waals surface area contributed by atoms with Crippen molar-refractivity contribution in [2.45, 2.75) is 63.8 Å². The third-order valence-electron chi connectivity index (χ3n) is 5.55. The minimum Gasteiger partial charge on any atom is -0.394 e. The van der Waals surface area contributed by atoms with Gasteiger partial charge in [-0.2, -0.15) is 0 Å². The van der Waals surface area contributed by atoms with Gasteiger partial charge in [0.15, 0.2) is 0 Å². The molecule has 0 bridgehead atoms. The number of nitrogens with one attached hydrogen (secondary N) is 1. The summed E-state index contributed by atoms with van der Waals surface area (Å²) in [5.41, 5.74) is 1.36. The SMILES string of the molecule is OCC1CCCCN1c1cc(NCCCc2nc3c(s2)CCCC3)ncn1. The Hall–Kier alpha value is -1.73. The molecule has 1 saturated heterocycles. The van der Waals surface area contributed by atoms with Gasteiger partial charge in [-0.1, -0.05) is 0 Å². The van der Waals surface area contributed by atoms with Gasteiger partial charge in [-0.3, -0.25) is 0 Å². The Morgan fingerprint density at radius 1 is 1.19 bits per heavy atom. The summed E-state index contributed by atoms with van der Waals surface area (Å²) >= 11 is 1.91. The average molecular weight is 388 g/mol. The summed E-state index contributed by atoms with van der Waals surface area (Å²) < 4.78 is 0. The van der Waals surface area contributed by atoms with Crippen LogP contribution >= 0.6 is 11.3 Å². The number of fused-ring (bicyclic) bond motifs is 1. The van der Waals surface area contributed by atoms with Crippen molar-refractivity contribution in [2.75, 3.05) is 29.9 Å². The number of aliphatic hydroxyl groups is 1. The Kier molecular flexibility index (Phi) is 6.19. The highest BCUT2D eigenvalue weighted by atomic mass is 32.1. The average Bonchev–Trinajstić information content (AvgIpc) is 3.14. The first kappa shape index (κ1) is 18.6. The van der Waals surface area contributed by atoms with E-state index in [1.165, 1.54) is 47.7 Å². The maximum atomic E-state index is 9.63. The van der Waals surface area contributed by atoms with Gasteiger partial charge in [-0.25, -0.2) is 15.0 Å². The largest absolute Gasteiger partial charge is 0.394 e. The normalized spacial score (nSPS) is 19.7. The predicted molar refractivity (Wildman–Crippen MR) is 110 cm³/mol. The molecule has 1 unspecified atom stereocenters. The lowest BCUT2D eigenvalue weighted by Gasteiger charge is -2.35. The molecule has 2 aromatic rings. The fourth-order valence-electron chi connectivity index (χ4n) is 4.06. The van der Waals surface area contributed by atoms with Crippen molar-refractivity contribution in [3.8, 4) is 0 Å². The van der Waals surface area contributed by atoms with Gasteiger partial charge in [0, 0.05) is 30.5 Å². The highest BCUT2D eigenvalue weighted by molar-refractivity contribution is 7.11. The molecule has 0 aromatic carbocycles. The fourth-order valence-corrected chi connectivity index (χ4v) is 5.26. The Morgan fingerprint density at radius 3 is 3.00 bits per heavy atom. The Labute approximate surface area is 165 Å². The molecular weight excluding hydrogens is 358 g/mol.